The zero-order chi connectivity index (χ0) is 5.70. The molecule has 0 unspecified atom stereocenters. The van der Waals surface area contributed by atoms with Crippen molar-refractivity contribution in [2.24, 2.45) is 0 Å². The number of hydrogen-bond acceptors (Lipinski definition) is 2. The minimum absolute atomic E-state index is 0.583. The highest BCUT2D eigenvalue weighted by Crippen LogP contribution is 2.07. The lowest BCUT2D eigenvalue weighted by atomic mass is 10.7. The van der Waals surface area contributed by atoms with E-state index in [1.165, 1.54) is 11.8 Å². The summed E-state index contributed by atoms with van der Waals surface area (Å²) in [4.78, 5) is 0. The van der Waals surface area contributed by atoms with Crippen LogP contribution >= 0.6 is 27.7 Å². The number of nitriles is 1. The van der Waals surface area contributed by atoms with E-state index in [-0.39, 0.29) is 0 Å². The molecule has 0 aliphatic heterocycles. The van der Waals surface area contributed by atoms with E-state index in [1.54, 1.807) is 5.41 Å². The van der Waals surface area contributed by atoms with Gasteiger partial charge in [-0.2, -0.15) is 5.26 Å². The number of allylic oxidation sites excluding steroid dienone is 1. The standard InChI is InChI=1S/C4H4BrNS/c1-7-3-4(5)2-6/h3H,1H3/b4-3+. The molecule has 0 bridgehead atoms. The minimum Gasteiger partial charge on any atom is -0.192 e. The van der Waals surface area contributed by atoms with Crippen LogP contribution < -0.4 is 0 Å². The lowest BCUT2D eigenvalue weighted by Crippen LogP contribution is -1.53. The first-order valence-corrected chi connectivity index (χ1v) is 3.68. The average molecular weight is 178 g/mol. The van der Waals surface area contributed by atoms with Crippen molar-refractivity contribution < 1.29 is 0 Å². The summed E-state index contributed by atoms with van der Waals surface area (Å²) in [6, 6.07) is 1.92. The third-order valence-electron chi connectivity index (χ3n) is 0.328. The van der Waals surface area contributed by atoms with Crippen LogP contribution in [0.25, 0.3) is 0 Å². The number of halogens is 1. The fourth-order valence-corrected chi connectivity index (χ4v) is 0.950. The zero-order valence-corrected chi connectivity index (χ0v) is 6.21. The molecular weight excluding hydrogens is 174 g/mol. The summed E-state index contributed by atoms with van der Waals surface area (Å²) in [6.07, 6.45) is 1.90. The molecule has 0 saturated carbocycles. The Morgan fingerprint density at radius 1 is 2.00 bits per heavy atom. The smallest absolute Gasteiger partial charge is 0.107 e. The summed E-state index contributed by atoms with van der Waals surface area (Å²) in [6.45, 7) is 0. The van der Waals surface area contributed by atoms with Gasteiger partial charge < -0.3 is 0 Å². The summed E-state index contributed by atoms with van der Waals surface area (Å²) in [5, 5.41) is 9.82. The monoisotopic (exact) mass is 177 g/mol. The predicted octanol–water partition coefficient (Wildman–Crippen LogP) is 2.11. The molecule has 0 rings (SSSR count). The molecule has 0 fully saturated rings. The van der Waals surface area contributed by atoms with E-state index >= 15 is 0 Å². The van der Waals surface area contributed by atoms with E-state index in [2.05, 4.69) is 15.9 Å². The largest absolute Gasteiger partial charge is 0.192 e. The van der Waals surface area contributed by atoms with Gasteiger partial charge in [-0.3, -0.25) is 0 Å². The molecule has 0 spiro atoms. The topological polar surface area (TPSA) is 23.8 Å². The van der Waals surface area contributed by atoms with Crippen LogP contribution in [-0.2, 0) is 0 Å². The maximum Gasteiger partial charge on any atom is 0.107 e. The maximum atomic E-state index is 8.09. The molecular formula is C4H4BrNS. The van der Waals surface area contributed by atoms with Crippen LogP contribution in [0, 0.1) is 11.3 Å². The Bertz CT molecular complexity index is 113. The summed E-state index contributed by atoms with van der Waals surface area (Å²) in [5.74, 6) is 0. The first kappa shape index (κ1) is 7.06. The van der Waals surface area contributed by atoms with E-state index < -0.39 is 0 Å². The molecule has 0 saturated heterocycles. The highest BCUT2D eigenvalue weighted by atomic mass is 79.9. The zero-order valence-electron chi connectivity index (χ0n) is 3.81. The molecule has 0 aliphatic rings. The fraction of sp³-hybridized carbons (Fsp3) is 0.250. The first-order valence-electron chi connectivity index (χ1n) is 1.60. The molecule has 0 aromatic carbocycles. The summed E-state index contributed by atoms with van der Waals surface area (Å²) in [7, 11) is 0. The van der Waals surface area contributed by atoms with Crippen molar-refractivity contribution >= 4 is 27.7 Å². The molecule has 0 heterocycles. The van der Waals surface area contributed by atoms with Crippen LogP contribution in [0.4, 0.5) is 0 Å². The van der Waals surface area contributed by atoms with Gasteiger partial charge in [0.15, 0.2) is 0 Å². The molecule has 3 heteroatoms. The lowest BCUT2D eigenvalue weighted by Gasteiger charge is -1.74. The number of thioether (sulfide) groups is 1. The third-order valence-corrected chi connectivity index (χ3v) is 1.51. The van der Waals surface area contributed by atoms with Crippen LogP contribution in [0.3, 0.4) is 0 Å². The first-order chi connectivity index (χ1) is 3.31. The summed E-state index contributed by atoms with van der Waals surface area (Å²) in [5.41, 5.74) is 0. The van der Waals surface area contributed by atoms with Gasteiger partial charge >= 0.3 is 0 Å². The van der Waals surface area contributed by atoms with Gasteiger partial charge in [0, 0.05) is 0 Å². The SMILES string of the molecule is CS/C=C(/Br)C#N. The second-order valence-corrected chi connectivity index (χ2v) is 2.37. The van der Waals surface area contributed by atoms with E-state index in [4.69, 9.17) is 5.26 Å². The van der Waals surface area contributed by atoms with Crippen molar-refractivity contribution in [1.29, 1.82) is 5.26 Å². The Balaban J connectivity index is 3.57. The Morgan fingerprint density at radius 2 is 2.57 bits per heavy atom. The molecule has 0 aliphatic carbocycles. The molecule has 0 aromatic rings. The van der Waals surface area contributed by atoms with Crippen molar-refractivity contribution in [1.82, 2.24) is 0 Å². The van der Waals surface area contributed by atoms with Gasteiger partial charge in [0.25, 0.3) is 0 Å². The molecule has 1 nitrogen and oxygen atoms in total. The Labute approximate surface area is 55.5 Å². The van der Waals surface area contributed by atoms with Crippen LogP contribution in [0.5, 0.6) is 0 Å². The minimum atomic E-state index is 0.583. The summed E-state index contributed by atoms with van der Waals surface area (Å²) < 4.78 is 0.583. The van der Waals surface area contributed by atoms with Gasteiger partial charge in [0.2, 0.25) is 0 Å². The van der Waals surface area contributed by atoms with Crippen LogP contribution in [0.1, 0.15) is 0 Å². The van der Waals surface area contributed by atoms with Crippen molar-refractivity contribution in [2.45, 2.75) is 0 Å². The number of hydrogen-bond donors (Lipinski definition) is 0. The average Bonchev–Trinajstić information content (AvgIpc) is 1.68. The van der Waals surface area contributed by atoms with Gasteiger partial charge in [-0.05, 0) is 27.6 Å². The van der Waals surface area contributed by atoms with Gasteiger partial charge in [-0.1, -0.05) is 0 Å². The Morgan fingerprint density at radius 3 is 2.71 bits per heavy atom. The lowest BCUT2D eigenvalue weighted by molar-refractivity contribution is 1.53. The molecule has 38 valence electrons. The van der Waals surface area contributed by atoms with Crippen molar-refractivity contribution in [3.63, 3.8) is 0 Å². The molecule has 7 heavy (non-hydrogen) atoms. The number of rotatable bonds is 1. The van der Waals surface area contributed by atoms with E-state index in [9.17, 15) is 0 Å². The fourth-order valence-electron chi connectivity index (χ4n) is 0.130. The van der Waals surface area contributed by atoms with Crippen LogP contribution in [-0.4, -0.2) is 6.26 Å². The van der Waals surface area contributed by atoms with Gasteiger partial charge in [-0.15, -0.1) is 11.8 Å². The van der Waals surface area contributed by atoms with E-state index in [0.29, 0.717) is 4.48 Å². The van der Waals surface area contributed by atoms with Gasteiger partial charge in [0.1, 0.15) is 10.6 Å². The van der Waals surface area contributed by atoms with E-state index in [0.717, 1.165) is 0 Å². The molecule has 0 atom stereocenters. The number of nitrogens with zero attached hydrogens (tertiary/aromatic N) is 1. The van der Waals surface area contributed by atoms with Crippen LogP contribution in [0.2, 0.25) is 0 Å². The van der Waals surface area contributed by atoms with Crippen molar-refractivity contribution in [3.8, 4) is 6.07 Å². The van der Waals surface area contributed by atoms with Crippen molar-refractivity contribution in [3.05, 3.63) is 9.89 Å². The van der Waals surface area contributed by atoms with Crippen molar-refractivity contribution in [2.75, 3.05) is 6.26 Å². The molecule has 0 aromatic heterocycles. The molecule has 0 radical (unpaired) electrons. The second-order valence-electron chi connectivity index (χ2n) is 0.813. The summed E-state index contributed by atoms with van der Waals surface area (Å²) >= 11 is 4.52. The van der Waals surface area contributed by atoms with E-state index in [1.807, 2.05) is 12.3 Å². The quantitative estimate of drug-likeness (QED) is 0.574. The molecule has 0 amide bonds. The Kier molecular flexibility index (Phi) is 4.26. The highest BCUT2D eigenvalue weighted by molar-refractivity contribution is 9.12. The Hall–Kier alpha value is 0.0600. The normalized spacial score (nSPS) is 10.7. The van der Waals surface area contributed by atoms with Gasteiger partial charge in [-0.25, -0.2) is 0 Å². The van der Waals surface area contributed by atoms with Crippen LogP contribution in [0.15, 0.2) is 9.89 Å². The van der Waals surface area contributed by atoms with Gasteiger partial charge in [0.05, 0.1) is 0 Å². The highest BCUT2D eigenvalue weighted by Gasteiger charge is 1.79. The second kappa shape index (κ2) is 4.23. The maximum absolute atomic E-state index is 8.09. The third kappa shape index (κ3) is 3.90. The predicted molar refractivity (Wildman–Crippen MR) is 36.1 cm³/mol. The molecule has 0 N–H and O–H groups in total.